The number of hydrogen-bond donors (Lipinski definition) is 1. The van der Waals surface area contributed by atoms with Gasteiger partial charge >= 0.3 is 0 Å². The van der Waals surface area contributed by atoms with Gasteiger partial charge in [-0.1, -0.05) is 18.2 Å². The average molecular weight is 260 g/mol. The van der Waals surface area contributed by atoms with Crippen molar-refractivity contribution in [2.24, 2.45) is 0 Å². The van der Waals surface area contributed by atoms with Crippen LogP contribution in [0.3, 0.4) is 0 Å². The number of nitrogens with one attached hydrogen (secondary N) is 1. The summed E-state index contributed by atoms with van der Waals surface area (Å²) in [5.41, 5.74) is 1.55. The predicted molar refractivity (Wildman–Crippen MR) is 77.5 cm³/mol. The maximum atomic E-state index is 5.79. The van der Waals surface area contributed by atoms with Gasteiger partial charge in [-0.15, -0.1) is 0 Å². The highest BCUT2D eigenvalue weighted by Gasteiger charge is 2.36. The number of piperazine rings is 1. The van der Waals surface area contributed by atoms with Crippen LogP contribution in [0, 0.1) is 0 Å². The van der Waals surface area contributed by atoms with E-state index in [0.717, 1.165) is 31.9 Å². The van der Waals surface area contributed by atoms with E-state index in [1.54, 1.807) is 0 Å². The fourth-order valence-electron chi connectivity index (χ4n) is 3.29. The lowest BCUT2D eigenvalue weighted by molar-refractivity contribution is 0.0425. The van der Waals surface area contributed by atoms with Crippen LogP contribution < -0.4 is 10.1 Å². The lowest BCUT2D eigenvalue weighted by Gasteiger charge is -2.48. The van der Waals surface area contributed by atoms with Crippen molar-refractivity contribution in [1.29, 1.82) is 0 Å². The molecule has 1 aromatic rings. The Hall–Kier alpha value is -1.06. The first kappa shape index (κ1) is 12.9. The van der Waals surface area contributed by atoms with Crippen molar-refractivity contribution in [2.45, 2.75) is 44.8 Å². The number of ether oxygens (including phenoxy) is 1. The topological polar surface area (TPSA) is 24.5 Å². The minimum atomic E-state index is 0.194. The summed E-state index contributed by atoms with van der Waals surface area (Å²) in [7, 11) is 0. The van der Waals surface area contributed by atoms with E-state index in [0.29, 0.717) is 12.1 Å². The standard InChI is InChI=1S/C16H24N2O/c1-12-10-17-16(2,3)11-18(12)14-8-9-19-15-7-5-4-6-13(14)15/h4-7,12,14,17H,8-11H2,1-3H3. The Morgan fingerprint density at radius 1 is 1.32 bits per heavy atom. The monoisotopic (exact) mass is 260 g/mol. The number of benzene rings is 1. The highest BCUT2D eigenvalue weighted by atomic mass is 16.5. The molecule has 2 aliphatic rings. The minimum Gasteiger partial charge on any atom is -0.493 e. The third-order valence-electron chi connectivity index (χ3n) is 4.35. The molecule has 1 aromatic carbocycles. The molecule has 1 N–H and O–H groups in total. The van der Waals surface area contributed by atoms with Crippen LogP contribution in [0.5, 0.6) is 5.75 Å². The van der Waals surface area contributed by atoms with Gasteiger partial charge in [0.1, 0.15) is 5.75 Å². The second kappa shape index (κ2) is 4.80. The molecule has 0 amide bonds. The second-order valence-electron chi connectivity index (χ2n) is 6.48. The molecule has 1 fully saturated rings. The van der Waals surface area contributed by atoms with Gasteiger partial charge in [0.05, 0.1) is 6.61 Å². The van der Waals surface area contributed by atoms with Crippen LogP contribution >= 0.6 is 0 Å². The van der Waals surface area contributed by atoms with Crippen LogP contribution in [-0.2, 0) is 0 Å². The van der Waals surface area contributed by atoms with Crippen molar-refractivity contribution in [3.8, 4) is 5.75 Å². The van der Waals surface area contributed by atoms with Gasteiger partial charge in [0.15, 0.2) is 0 Å². The molecule has 19 heavy (non-hydrogen) atoms. The Labute approximate surface area is 115 Å². The van der Waals surface area contributed by atoms with Gasteiger partial charge < -0.3 is 10.1 Å². The zero-order chi connectivity index (χ0) is 13.5. The van der Waals surface area contributed by atoms with Crippen LogP contribution in [0.15, 0.2) is 24.3 Å². The lowest BCUT2D eigenvalue weighted by atomic mass is 9.92. The summed E-state index contributed by atoms with van der Waals surface area (Å²) in [4.78, 5) is 2.65. The van der Waals surface area contributed by atoms with Crippen LogP contribution in [0.25, 0.3) is 0 Å². The summed E-state index contributed by atoms with van der Waals surface area (Å²) in [6.45, 7) is 9.88. The Kier molecular flexibility index (Phi) is 3.27. The van der Waals surface area contributed by atoms with Crippen LogP contribution in [0.4, 0.5) is 0 Å². The van der Waals surface area contributed by atoms with Gasteiger partial charge in [0, 0.05) is 42.7 Å². The largest absolute Gasteiger partial charge is 0.493 e. The van der Waals surface area contributed by atoms with Gasteiger partial charge in [0.2, 0.25) is 0 Å². The number of nitrogens with zero attached hydrogens (tertiary/aromatic N) is 1. The summed E-state index contributed by atoms with van der Waals surface area (Å²) in [6, 6.07) is 9.58. The fraction of sp³-hybridized carbons (Fsp3) is 0.625. The van der Waals surface area contributed by atoms with Crippen molar-refractivity contribution in [3.63, 3.8) is 0 Å². The predicted octanol–water partition coefficient (Wildman–Crippen LogP) is 2.58. The molecule has 2 atom stereocenters. The highest BCUT2D eigenvalue weighted by Crippen LogP contribution is 2.38. The van der Waals surface area contributed by atoms with Gasteiger partial charge in [0.25, 0.3) is 0 Å². The smallest absolute Gasteiger partial charge is 0.124 e. The average Bonchev–Trinajstić information content (AvgIpc) is 2.41. The van der Waals surface area contributed by atoms with Gasteiger partial charge in [-0.05, 0) is 26.8 Å². The molecular weight excluding hydrogens is 236 g/mol. The van der Waals surface area contributed by atoms with Crippen LogP contribution in [0.2, 0.25) is 0 Å². The molecule has 3 nitrogen and oxygen atoms in total. The van der Waals surface area contributed by atoms with Crippen LogP contribution in [-0.4, -0.2) is 36.2 Å². The van der Waals surface area contributed by atoms with Crippen molar-refractivity contribution in [2.75, 3.05) is 19.7 Å². The summed E-state index contributed by atoms with van der Waals surface area (Å²) in [5, 5.41) is 3.63. The zero-order valence-corrected chi connectivity index (χ0v) is 12.1. The highest BCUT2D eigenvalue weighted by molar-refractivity contribution is 5.37. The summed E-state index contributed by atoms with van der Waals surface area (Å²) in [6.07, 6.45) is 1.09. The first-order valence-electron chi connectivity index (χ1n) is 7.29. The van der Waals surface area contributed by atoms with E-state index in [-0.39, 0.29) is 5.54 Å². The molecule has 0 saturated carbocycles. The van der Waals surface area contributed by atoms with Crippen molar-refractivity contribution in [3.05, 3.63) is 29.8 Å². The molecule has 2 aliphatic heterocycles. The van der Waals surface area contributed by atoms with E-state index in [1.807, 2.05) is 0 Å². The van der Waals surface area contributed by atoms with E-state index < -0.39 is 0 Å². The minimum absolute atomic E-state index is 0.194. The third kappa shape index (κ3) is 2.49. The maximum absolute atomic E-state index is 5.79. The molecule has 3 heteroatoms. The lowest BCUT2D eigenvalue weighted by Crippen LogP contribution is -2.61. The van der Waals surface area contributed by atoms with E-state index in [4.69, 9.17) is 4.74 Å². The summed E-state index contributed by atoms with van der Waals surface area (Å²) >= 11 is 0. The molecule has 1 saturated heterocycles. The van der Waals surface area contributed by atoms with E-state index in [1.165, 1.54) is 5.56 Å². The molecule has 3 rings (SSSR count). The number of para-hydroxylation sites is 1. The quantitative estimate of drug-likeness (QED) is 0.840. The first-order valence-corrected chi connectivity index (χ1v) is 7.29. The van der Waals surface area contributed by atoms with Gasteiger partial charge in [-0.25, -0.2) is 0 Å². The van der Waals surface area contributed by atoms with Gasteiger partial charge in [-0.3, -0.25) is 4.90 Å². The fourth-order valence-corrected chi connectivity index (χ4v) is 3.29. The van der Waals surface area contributed by atoms with Crippen molar-refractivity contribution in [1.82, 2.24) is 10.2 Å². The Morgan fingerprint density at radius 3 is 2.95 bits per heavy atom. The molecule has 2 unspecified atom stereocenters. The molecular formula is C16H24N2O. The normalized spacial score (nSPS) is 30.5. The third-order valence-corrected chi connectivity index (χ3v) is 4.35. The van der Waals surface area contributed by atoms with Crippen molar-refractivity contribution >= 4 is 0 Å². The van der Waals surface area contributed by atoms with Gasteiger partial charge in [-0.2, -0.15) is 0 Å². The molecule has 0 bridgehead atoms. The number of hydrogen-bond acceptors (Lipinski definition) is 3. The summed E-state index contributed by atoms with van der Waals surface area (Å²) < 4.78 is 5.79. The SMILES string of the molecule is CC1CNC(C)(C)CN1C1CCOc2ccccc21. The first-order chi connectivity index (χ1) is 9.07. The molecule has 104 valence electrons. The zero-order valence-electron chi connectivity index (χ0n) is 12.1. The van der Waals surface area contributed by atoms with E-state index in [2.05, 4.69) is 55.3 Å². The second-order valence-corrected chi connectivity index (χ2v) is 6.48. The Morgan fingerprint density at radius 2 is 2.11 bits per heavy atom. The number of fused-ring (bicyclic) bond motifs is 1. The molecule has 0 aromatic heterocycles. The maximum Gasteiger partial charge on any atom is 0.124 e. The van der Waals surface area contributed by atoms with Crippen LogP contribution in [0.1, 0.15) is 38.8 Å². The Balaban J connectivity index is 1.90. The molecule has 0 aliphatic carbocycles. The number of rotatable bonds is 1. The molecule has 2 heterocycles. The molecule has 0 spiro atoms. The Bertz CT molecular complexity index is 458. The van der Waals surface area contributed by atoms with Crippen molar-refractivity contribution < 1.29 is 4.74 Å². The van der Waals surface area contributed by atoms with E-state index in [9.17, 15) is 0 Å². The van der Waals surface area contributed by atoms with E-state index >= 15 is 0 Å². The summed E-state index contributed by atoms with van der Waals surface area (Å²) in [5.74, 6) is 1.07. The molecule has 0 radical (unpaired) electrons.